The van der Waals surface area contributed by atoms with Crippen molar-refractivity contribution in [3.8, 4) is 5.75 Å². The molecule has 0 saturated heterocycles. The topological polar surface area (TPSA) is 26.3 Å². The summed E-state index contributed by atoms with van der Waals surface area (Å²) < 4.78 is 310. The van der Waals surface area contributed by atoms with E-state index in [1.54, 1.807) is 0 Å². The molecular formula is C29H21F23O2S. The number of carbonyl (C=O) groups is 1. The van der Waals surface area contributed by atoms with E-state index in [0.29, 0.717) is 12.1 Å². The molecule has 0 aliphatic carbocycles. The molecule has 55 heavy (non-hydrogen) atoms. The maximum atomic E-state index is 13.8. The van der Waals surface area contributed by atoms with Gasteiger partial charge >= 0.3 is 71.4 Å². The molecule has 0 fully saturated rings. The fourth-order valence-corrected chi connectivity index (χ4v) is 3.93. The molecule has 26 heteroatoms. The number of benzene rings is 2. The van der Waals surface area contributed by atoms with E-state index in [1.165, 1.54) is 31.2 Å². The van der Waals surface area contributed by atoms with Gasteiger partial charge in [0.05, 0.1) is 0 Å². The third-order valence-electron chi connectivity index (χ3n) is 7.12. The van der Waals surface area contributed by atoms with Gasteiger partial charge in [-0.15, -0.1) is 12.6 Å². The van der Waals surface area contributed by atoms with E-state index in [1.807, 2.05) is 0 Å². The van der Waals surface area contributed by atoms with Gasteiger partial charge in [-0.2, -0.15) is 101 Å². The second-order valence-corrected chi connectivity index (χ2v) is 11.6. The summed E-state index contributed by atoms with van der Waals surface area (Å²) in [7, 11) is 0. The maximum absolute atomic E-state index is 13.8. The lowest BCUT2D eigenvalue weighted by Crippen LogP contribution is -2.78. The Morgan fingerprint density at radius 3 is 1.18 bits per heavy atom. The molecule has 2 aromatic rings. The molecule has 0 amide bonds. The number of carbonyl (C=O) groups excluding carboxylic acids is 1. The van der Waals surface area contributed by atoms with E-state index in [9.17, 15) is 106 Å². The van der Waals surface area contributed by atoms with E-state index in [2.05, 4.69) is 48.6 Å². The van der Waals surface area contributed by atoms with Crippen molar-refractivity contribution >= 4 is 18.6 Å². The molecule has 0 atom stereocenters. The highest BCUT2D eigenvalue weighted by Crippen LogP contribution is 2.67. The molecule has 316 valence electrons. The number of aryl methyl sites for hydroxylation is 1. The Hall–Kier alpha value is -3.35. The zero-order chi connectivity index (χ0) is 43.7. The summed E-state index contributed by atoms with van der Waals surface area (Å²) in [6, 6.07) is 11.6. The fraction of sp³-hybridized carbons (Fsp3) is 0.552. The molecule has 0 unspecified atom stereocenters. The minimum absolute atomic E-state index is 0.383. The van der Waals surface area contributed by atoms with Crippen LogP contribution in [0.1, 0.15) is 31.7 Å². The Morgan fingerprint density at radius 2 is 0.836 bits per heavy atom. The largest absolute Gasteiger partial charge is 0.460 e. The second-order valence-electron chi connectivity index (χ2n) is 11.1. The summed E-state index contributed by atoms with van der Waals surface area (Å²) >= 11 is 4.24. The van der Waals surface area contributed by atoms with Crippen molar-refractivity contribution in [1.29, 1.82) is 0 Å². The normalized spacial score (nSPS) is 14.6. The van der Waals surface area contributed by atoms with Gasteiger partial charge in [-0.25, -0.2) is 4.79 Å². The lowest BCUT2D eigenvalue weighted by Gasteiger charge is -2.44. The minimum atomic E-state index is -9.50. The lowest BCUT2D eigenvalue weighted by molar-refractivity contribution is -0.477. The van der Waals surface area contributed by atoms with Crippen LogP contribution in [0, 0.1) is 0 Å². The van der Waals surface area contributed by atoms with Crippen LogP contribution in [0.5, 0.6) is 5.75 Å². The Morgan fingerprint density at radius 1 is 0.491 bits per heavy atom. The van der Waals surface area contributed by atoms with Gasteiger partial charge in [0.25, 0.3) is 0 Å². The number of hydrogen-bond donors (Lipinski definition) is 1. The van der Waals surface area contributed by atoms with Crippen molar-refractivity contribution in [2.75, 3.05) is 0 Å². The number of halogens is 23. The Balaban J connectivity index is 0.00000106. The van der Waals surface area contributed by atoms with Crippen LogP contribution in [0.15, 0.2) is 59.5 Å². The quantitative estimate of drug-likeness (QED) is 0.0635. The number of alkyl halides is 23. The highest BCUT2D eigenvalue weighted by Gasteiger charge is 2.99. The van der Waals surface area contributed by atoms with Crippen molar-refractivity contribution in [2.45, 2.75) is 103 Å². The highest BCUT2D eigenvalue weighted by molar-refractivity contribution is 7.80. The lowest BCUT2D eigenvalue weighted by atomic mass is 9.85. The highest BCUT2D eigenvalue weighted by atomic mass is 32.1. The van der Waals surface area contributed by atoms with E-state index in [-0.39, 0.29) is 0 Å². The van der Waals surface area contributed by atoms with E-state index in [0.717, 1.165) is 23.1 Å². The van der Waals surface area contributed by atoms with Crippen LogP contribution < -0.4 is 4.74 Å². The van der Waals surface area contributed by atoms with Gasteiger partial charge in [0.15, 0.2) is 0 Å². The Kier molecular flexibility index (Phi) is 14.3. The first-order chi connectivity index (χ1) is 24.3. The Bertz CT molecular complexity index is 1570. The Labute approximate surface area is 298 Å². The predicted octanol–water partition coefficient (Wildman–Crippen LogP) is 12.2. The molecule has 2 nitrogen and oxygen atoms in total. The van der Waals surface area contributed by atoms with Crippen LogP contribution in [0.4, 0.5) is 101 Å². The first-order valence-electron chi connectivity index (χ1n) is 14.2. The molecular weight excluding hydrogens is 849 g/mol. The molecule has 0 bridgehead atoms. The number of thiol groups is 1. The average molecular weight is 871 g/mol. The van der Waals surface area contributed by atoms with Gasteiger partial charge in [0.1, 0.15) is 5.75 Å². The van der Waals surface area contributed by atoms with Crippen LogP contribution in [0.2, 0.25) is 0 Å². The van der Waals surface area contributed by atoms with E-state index >= 15 is 0 Å². The first-order valence-corrected chi connectivity index (χ1v) is 14.7. The minimum Gasteiger partial charge on any atom is -0.422 e. The molecule has 0 heterocycles. The van der Waals surface area contributed by atoms with Crippen molar-refractivity contribution in [3.63, 3.8) is 0 Å². The van der Waals surface area contributed by atoms with Crippen LogP contribution in [0.25, 0.3) is 0 Å². The number of ether oxygens (including phenoxy) is 1. The van der Waals surface area contributed by atoms with Crippen LogP contribution in [-0.4, -0.2) is 71.4 Å². The van der Waals surface area contributed by atoms with Gasteiger partial charge in [-0.1, -0.05) is 50.1 Å². The fourth-order valence-electron chi connectivity index (χ4n) is 3.78. The molecule has 0 aliphatic rings. The van der Waals surface area contributed by atoms with Crippen molar-refractivity contribution in [1.82, 2.24) is 0 Å². The summed E-state index contributed by atoms with van der Waals surface area (Å²) in [6.07, 6.45) is -2.98. The predicted molar refractivity (Wildman–Crippen MR) is 145 cm³/mol. The van der Waals surface area contributed by atoms with Crippen LogP contribution >= 0.6 is 12.6 Å². The summed E-state index contributed by atoms with van der Waals surface area (Å²) in [4.78, 5) is 12.3. The molecule has 0 N–H and O–H groups in total. The SMILES string of the molecule is CCCCCc1ccc(S)cc1.O=C(Oc1ccccc1)C(F)(F)C(F)(F)C(F)(F)C(F)(F)C(F)(F)C(F)(F)C(F)(F)C(F)(F)C(F)(F)C(F)(F)C(F)(F)F. The molecule has 0 aromatic heterocycles. The van der Waals surface area contributed by atoms with Crippen molar-refractivity contribution in [3.05, 3.63) is 60.2 Å². The smallest absolute Gasteiger partial charge is 0.422 e. The van der Waals surface area contributed by atoms with Gasteiger partial charge in [0, 0.05) is 4.90 Å². The second kappa shape index (κ2) is 15.9. The third kappa shape index (κ3) is 8.37. The zero-order valence-electron chi connectivity index (χ0n) is 26.5. The van der Waals surface area contributed by atoms with Crippen molar-refractivity contribution < 1.29 is 111 Å². The summed E-state index contributed by atoms with van der Waals surface area (Å²) in [6.45, 7) is 2.23. The molecule has 0 saturated carbocycles. The monoisotopic (exact) mass is 870 g/mol. The number of hydrogen-bond acceptors (Lipinski definition) is 3. The van der Waals surface area contributed by atoms with E-state index in [4.69, 9.17) is 0 Å². The summed E-state index contributed by atoms with van der Waals surface area (Å²) in [5, 5.41) is 0. The van der Waals surface area contributed by atoms with Crippen LogP contribution in [-0.2, 0) is 11.2 Å². The first kappa shape index (κ1) is 49.7. The molecule has 0 aliphatic heterocycles. The van der Waals surface area contributed by atoms with Crippen molar-refractivity contribution in [2.24, 2.45) is 0 Å². The van der Waals surface area contributed by atoms with Gasteiger partial charge in [-0.3, -0.25) is 0 Å². The standard InChI is InChI=1S/C18H5F23O2.C11H16S/c19-8(20,7(42)43-6-4-2-1-3-5-6)9(21,22)10(23,24)11(25,26)12(27,28)13(29,30)14(31,32)15(33,34)16(35,36)17(37,38)18(39,40)41;1-2-3-4-5-10-6-8-11(12)9-7-10/h1-5H;6-9,12H,2-5H2,1H3. The summed E-state index contributed by atoms with van der Waals surface area (Å²) in [5.74, 6) is -95.1. The van der Waals surface area contributed by atoms with Gasteiger partial charge in [0.2, 0.25) is 0 Å². The molecule has 0 spiro atoms. The summed E-state index contributed by atoms with van der Waals surface area (Å²) in [5.41, 5.74) is 1.43. The third-order valence-corrected chi connectivity index (χ3v) is 7.42. The number of esters is 1. The number of rotatable bonds is 15. The zero-order valence-corrected chi connectivity index (χ0v) is 27.4. The number of para-hydroxylation sites is 1. The maximum Gasteiger partial charge on any atom is 0.460 e. The molecule has 2 aromatic carbocycles. The average Bonchev–Trinajstić information content (AvgIpc) is 3.05. The number of unbranched alkanes of at least 4 members (excludes halogenated alkanes) is 2. The van der Waals surface area contributed by atoms with Gasteiger partial charge < -0.3 is 4.74 Å². The molecule has 0 radical (unpaired) electrons. The van der Waals surface area contributed by atoms with Gasteiger partial charge in [-0.05, 0) is 42.7 Å². The van der Waals surface area contributed by atoms with E-state index < -0.39 is 77.1 Å². The molecule has 2 rings (SSSR count). The van der Waals surface area contributed by atoms with Crippen LogP contribution in [0.3, 0.4) is 0 Å².